The summed E-state index contributed by atoms with van der Waals surface area (Å²) in [6, 6.07) is 4.07. The van der Waals surface area contributed by atoms with Crippen LogP contribution < -0.4 is 25.6 Å². The van der Waals surface area contributed by atoms with E-state index in [1.54, 1.807) is 6.07 Å². The molecule has 0 aromatic carbocycles. The number of halogens is 3. The van der Waals surface area contributed by atoms with E-state index in [2.05, 4.69) is 25.2 Å². The number of nitrogens with two attached hydrogens (primary N) is 1. The van der Waals surface area contributed by atoms with Gasteiger partial charge in [0.15, 0.2) is 11.6 Å². The van der Waals surface area contributed by atoms with Crippen molar-refractivity contribution in [3.05, 3.63) is 18.3 Å². The zero-order chi connectivity index (χ0) is 21.8. The fourth-order valence-corrected chi connectivity index (χ4v) is 4.47. The number of alkyl halides is 3. The van der Waals surface area contributed by atoms with Crippen molar-refractivity contribution < 1.29 is 17.9 Å². The molecule has 3 aliphatic heterocycles. The van der Waals surface area contributed by atoms with E-state index in [1.165, 1.54) is 18.0 Å². The molecule has 0 saturated carbocycles. The third-order valence-corrected chi connectivity index (χ3v) is 5.97. The molecular weight excluding hydrogens is 411 g/mol. The number of fused-ring (bicyclic) bond motifs is 2. The largest absolute Gasteiger partial charge is 0.457 e. The molecule has 31 heavy (non-hydrogen) atoms. The Balaban J connectivity index is 1.55. The molecule has 1 unspecified atom stereocenters. The van der Waals surface area contributed by atoms with Crippen LogP contribution in [0.3, 0.4) is 0 Å². The first kappa shape index (κ1) is 20.1. The second kappa shape index (κ2) is 7.40. The molecule has 8 nitrogen and oxygen atoms in total. The van der Waals surface area contributed by atoms with Crippen LogP contribution in [0, 0.1) is 0 Å². The lowest BCUT2D eigenvalue weighted by Crippen LogP contribution is -2.44. The number of pyridine rings is 1. The van der Waals surface area contributed by atoms with Gasteiger partial charge >= 0.3 is 0 Å². The van der Waals surface area contributed by atoms with Crippen molar-refractivity contribution in [3.8, 4) is 17.0 Å². The highest BCUT2D eigenvalue weighted by atomic mass is 19.3. The van der Waals surface area contributed by atoms with Crippen LogP contribution in [0.25, 0.3) is 11.3 Å². The van der Waals surface area contributed by atoms with Gasteiger partial charge in [0.25, 0.3) is 5.92 Å². The summed E-state index contributed by atoms with van der Waals surface area (Å²) in [5.41, 5.74) is 6.84. The average Bonchev–Trinajstić information content (AvgIpc) is 3.44. The lowest BCUT2D eigenvalue weighted by atomic mass is 10.2. The summed E-state index contributed by atoms with van der Waals surface area (Å²) in [6.45, 7) is 2.66. The van der Waals surface area contributed by atoms with E-state index in [0.717, 1.165) is 19.5 Å². The Hall–Kier alpha value is -2.82. The first-order chi connectivity index (χ1) is 14.8. The summed E-state index contributed by atoms with van der Waals surface area (Å²) in [4.78, 5) is 17.0. The Morgan fingerprint density at radius 2 is 2.16 bits per heavy atom. The summed E-state index contributed by atoms with van der Waals surface area (Å²) >= 11 is 0. The van der Waals surface area contributed by atoms with Gasteiger partial charge in [-0.15, -0.1) is 0 Å². The van der Waals surface area contributed by atoms with Crippen LogP contribution in [-0.2, 0) is 0 Å². The molecule has 3 fully saturated rings. The molecule has 3 N–H and O–H groups in total. The second-order valence-corrected chi connectivity index (χ2v) is 8.35. The Bertz CT molecular complexity index is 989. The highest BCUT2D eigenvalue weighted by Crippen LogP contribution is 2.35. The standard InChI is InChI=1S/C20H24F3N7O/c1-11(21)31-16-4-12(7-26-18(16)24)15-6-17(30-9-13-5-14(30)8-25-13)28-19(27-15)29-3-2-20(22,23)10-29/h4,6-7,11,13-14,25H,2-3,5,8-10H2,1H3,(H2,24,26)/t11?,13-,14-/m0/s1. The topological polar surface area (TPSA) is 92.4 Å². The summed E-state index contributed by atoms with van der Waals surface area (Å²) < 4.78 is 46.2. The van der Waals surface area contributed by atoms with Gasteiger partial charge in [0.1, 0.15) is 5.82 Å². The van der Waals surface area contributed by atoms with Gasteiger partial charge in [-0.25, -0.2) is 23.1 Å². The summed E-state index contributed by atoms with van der Waals surface area (Å²) in [6.07, 6.45) is 0.739. The Morgan fingerprint density at radius 1 is 1.32 bits per heavy atom. The fraction of sp³-hybridized carbons (Fsp3) is 0.550. The number of hydrogen-bond acceptors (Lipinski definition) is 8. The smallest absolute Gasteiger partial charge is 0.267 e. The van der Waals surface area contributed by atoms with Crippen LogP contribution >= 0.6 is 0 Å². The molecule has 0 radical (unpaired) electrons. The minimum atomic E-state index is -2.77. The second-order valence-electron chi connectivity index (χ2n) is 8.35. The van der Waals surface area contributed by atoms with Crippen molar-refractivity contribution in [1.29, 1.82) is 0 Å². The minimum absolute atomic E-state index is 0.0601. The van der Waals surface area contributed by atoms with Crippen LogP contribution in [0.15, 0.2) is 18.3 Å². The zero-order valence-corrected chi connectivity index (χ0v) is 17.1. The number of hydrogen-bond donors (Lipinski definition) is 2. The fourth-order valence-electron chi connectivity index (χ4n) is 4.47. The van der Waals surface area contributed by atoms with Gasteiger partial charge in [0.2, 0.25) is 12.3 Å². The number of nitrogens with zero attached hydrogens (tertiary/aromatic N) is 5. The maximum atomic E-state index is 13.9. The SMILES string of the molecule is CC(F)Oc1cc(-c2cc(N3C[C@@H]4C[C@H]3CN4)nc(N3CCC(F)(F)C3)n2)cnc1N. The molecule has 3 saturated heterocycles. The third kappa shape index (κ3) is 3.93. The third-order valence-electron chi connectivity index (χ3n) is 5.97. The molecule has 3 aliphatic rings. The van der Waals surface area contributed by atoms with Crippen molar-refractivity contribution in [2.24, 2.45) is 0 Å². The molecule has 2 bridgehead atoms. The maximum absolute atomic E-state index is 13.9. The van der Waals surface area contributed by atoms with Crippen LogP contribution in [0.1, 0.15) is 19.8 Å². The minimum Gasteiger partial charge on any atom is -0.457 e. The molecule has 2 aromatic rings. The van der Waals surface area contributed by atoms with Crippen molar-refractivity contribution in [2.45, 2.75) is 44.1 Å². The maximum Gasteiger partial charge on any atom is 0.267 e. The molecule has 0 aliphatic carbocycles. The molecule has 5 rings (SSSR count). The predicted molar refractivity (Wildman–Crippen MR) is 110 cm³/mol. The molecule has 5 heterocycles. The van der Waals surface area contributed by atoms with Crippen LogP contribution in [-0.4, -0.2) is 65.5 Å². The quantitative estimate of drug-likeness (QED) is 0.739. The molecule has 0 amide bonds. The van der Waals surface area contributed by atoms with Crippen molar-refractivity contribution in [3.63, 3.8) is 0 Å². The summed E-state index contributed by atoms with van der Waals surface area (Å²) in [7, 11) is 0. The van der Waals surface area contributed by atoms with E-state index in [4.69, 9.17) is 10.5 Å². The number of rotatable bonds is 5. The van der Waals surface area contributed by atoms with Gasteiger partial charge in [-0.1, -0.05) is 0 Å². The predicted octanol–water partition coefficient (Wildman–Crippen LogP) is 2.21. The number of aromatic nitrogens is 3. The van der Waals surface area contributed by atoms with Crippen molar-refractivity contribution in [1.82, 2.24) is 20.3 Å². The lowest BCUT2D eigenvalue weighted by molar-refractivity contribution is 0.0256. The van der Waals surface area contributed by atoms with Gasteiger partial charge < -0.3 is 25.6 Å². The van der Waals surface area contributed by atoms with Crippen LogP contribution in [0.2, 0.25) is 0 Å². The Labute approximate surface area is 177 Å². The number of anilines is 3. The monoisotopic (exact) mass is 435 g/mol. The highest BCUT2D eigenvalue weighted by molar-refractivity contribution is 5.68. The van der Waals surface area contributed by atoms with E-state index >= 15 is 0 Å². The zero-order valence-electron chi connectivity index (χ0n) is 17.1. The van der Waals surface area contributed by atoms with Crippen molar-refractivity contribution in [2.75, 3.05) is 41.7 Å². The van der Waals surface area contributed by atoms with Gasteiger partial charge in [0.05, 0.1) is 12.2 Å². The van der Waals surface area contributed by atoms with Gasteiger partial charge in [-0.2, -0.15) is 4.98 Å². The Kier molecular flexibility index (Phi) is 4.80. The van der Waals surface area contributed by atoms with Gasteiger partial charge in [0, 0.05) is 62.9 Å². The van der Waals surface area contributed by atoms with E-state index in [9.17, 15) is 13.2 Å². The summed E-state index contributed by atoms with van der Waals surface area (Å²) in [5.74, 6) is -1.67. The van der Waals surface area contributed by atoms with E-state index in [0.29, 0.717) is 29.2 Å². The molecule has 11 heteroatoms. The molecule has 3 atom stereocenters. The van der Waals surface area contributed by atoms with Crippen LogP contribution in [0.4, 0.5) is 30.8 Å². The van der Waals surface area contributed by atoms with Gasteiger partial charge in [-0.3, -0.25) is 0 Å². The number of piperazine rings is 1. The molecular formula is C20H24F3N7O. The lowest BCUT2D eigenvalue weighted by Gasteiger charge is -2.29. The van der Waals surface area contributed by atoms with E-state index in [-0.39, 0.29) is 30.5 Å². The first-order valence-corrected chi connectivity index (χ1v) is 10.4. The normalized spacial score (nSPS) is 25.3. The first-order valence-electron chi connectivity index (χ1n) is 10.4. The van der Waals surface area contributed by atoms with Crippen LogP contribution in [0.5, 0.6) is 5.75 Å². The highest BCUT2D eigenvalue weighted by Gasteiger charge is 2.41. The number of nitrogens with one attached hydrogen (secondary N) is 1. The molecule has 166 valence electrons. The Morgan fingerprint density at radius 3 is 2.81 bits per heavy atom. The molecule has 0 spiro atoms. The summed E-state index contributed by atoms with van der Waals surface area (Å²) in [5, 5.41) is 3.44. The molecule has 2 aromatic heterocycles. The number of ether oxygens (including phenoxy) is 1. The van der Waals surface area contributed by atoms with Gasteiger partial charge in [-0.05, 0) is 12.5 Å². The average molecular weight is 435 g/mol. The van der Waals surface area contributed by atoms with Crippen molar-refractivity contribution >= 4 is 17.6 Å². The van der Waals surface area contributed by atoms with E-state index < -0.39 is 18.8 Å². The van der Waals surface area contributed by atoms with E-state index in [1.807, 2.05) is 6.07 Å². The number of nitrogen functional groups attached to an aromatic ring is 1.